The molecule has 27 heavy (non-hydrogen) atoms. The molecule has 0 unspecified atom stereocenters. The standard InChI is InChI=1S/C19H16ClN3O2S2/c20-12-8-7-11(10-14(12)21-18(25)16-6-3-9-26-16)17(24)23-19-22-13-4-1-2-5-15(13)27-19/h3,6-10H,1-2,4-5H2,(H,21,25)(H,22,23,24). The van der Waals surface area contributed by atoms with E-state index >= 15 is 0 Å². The molecular weight excluding hydrogens is 402 g/mol. The lowest BCUT2D eigenvalue weighted by molar-refractivity contribution is 0.101. The maximum absolute atomic E-state index is 12.6. The Labute approximate surface area is 169 Å². The zero-order valence-corrected chi connectivity index (χ0v) is 16.6. The van der Waals surface area contributed by atoms with Crippen molar-refractivity contribution in [1.82, 2.24) is 4.98 Å². The molecule has 1 aliphatic carbocycles. The van der Waals surface area contributed by atoms with Crippen LogP contribution < -0.4 is 10.6 Å². The molecule has 0 atom stereocenters. The Morgan fingerprint density at radius 3 is 2.70 bits per heavy atom. The van der Waals surface area contributed by atoms with Crippen LogP contribution in [-0.2, 0) is 12.8 Å². The molecule has 5 nitrogen and oxygen atoms in total. The summed E-state index contributed by atoms with van der Waals surface area (Å²) in [6, 6.07) is 8.35. The van der Waals surface area contributed by atoms with Gasteiger partial charge < -0.3 is 5.32 Å². The van der Waals surface area contributed by atoms with Crippen molar-refractivity contribution in [2.75, 3.05) is 10.6 Å². The van der Waals surface area contributed by atoms with E-state index < -0.39 is 0 Å². The number of thiophene rings is 1. The Morgan fingerprint density at radius 1 is 1.07 bits per heavy atom. The molecule has 138 valence electrons. The van der Waals surface area contributed by atoms with Crippen molar-refractivity contribution in [3.63, 3.8) is 0 Å². The minimum Gasteiger partial charge on any atom is -0.320 e. The van der Waals surface area contributed by atoms with Gasteiger partial charge in [0.15, 0.2) is 5.13 Å². The number of halogens is 1. The van der Waals surface area contributed by atoms with Crippen molar-refractivity contribution in [3.05, 3.63) is 61.7 Å². The number of nitrogens with one attached hydrogen (secondary N) is 2. The highest BCUT2D eigenvalue weighted by atomic mass is 35.5. The molecule has 0 bridgehead atoms. The quantitative estimate of drug-likeness (QED) is 0.609. The summed E-state index contributed by atoms with van der Waals surface area (Å²) < 4.78 is 0. The molecule has 0 saturated carbocycles. The van der Waals surface area contributed by atoms with Gasteiger partial charge in [0.1, 0.15) is 0 Å². The monoisotopic (exact) mass is 417 g/mol. The smallest absolute Gasteiger partial charge is 0.265 e. The fourth-order valence-corrected chi connectivity index (χ4v) is 4.76. The van der Waals surface area contributed by atoms with Gasteiger partial charge in [0, 0.05) is 10.4 Å². The van der Waals surface area contributed by atoms with Crippen LogP contribution in [0.5, 0.6) is 0 Å². The molecule has 0 aliphatic heterocycles. The summed E-state index contributed by atoms with van der Waals surface area (Å²) >= 11 is 9.06. The number of thiazole rings is 1. The largest absolute Gasteiger partial charge is 0.320 e. The number of amides is 2. The number of aromatic nitrogens is 1. The highest BCUT2D eigenvalue weighted by Crippen LogP contribution is 2.30. The van der Waals surface area contributed by atoms with E-state index in [0.29, 0.717) is 26.3 Å². The number of nitrogens with zero attached hydrogens (tertiary/aromatic N) is 1. The van der Waals surface area contributed by atoms with Gasteiger partial charge in [-0.2, -0.15) is 0 Å². The summed E-state index contributed by atoms with van der Waals surface area (Å²) in [4.78, 5) is 31.2. The number of carbonyl (C=O) groups excluding carboxylic acids is 2. The summed E-state index contributed by atoms with van der Waals surface area (Å²) in [5.74, 6) is -0.526. The van der Waals surface area contributed by atoms with Gasteiger partial charge in [0.2, 0.25) is 0 Å². The minimum atomic E-state index is -0.274. The summed E-state index contributed by atoms with van der Waals surface area (Å²) in [7, 11) is 0. The van der Waals surface area contributed by atoms with E-state index in [9.17, 15) is 9.59 Å². The number of hydrogen-bond donors (Lipinski definition) is 2. The second-order valence-corrected chi connectivity index (χ2v) is 8.61. The fraction of sp³-hybridized carbons (Fsp3) is 0.211. The predicted octanol–water partition coefficient (Wildman–Crippen LogP) is 5.24. The average molecular weight is 418 g/mol. The molecule has 2 N–H and O–H groups in total. The van der Waals surface area contributed by atoms with E-state index in [1.165, 1.54) is 34.0 Å². The van der Waals surface area contributed by atoms with Crippen molar-refractivity contribution in [1.29, 1.82) is 0 Å². The van der Waals surface area contributed by atoms with Gasteiger partial charge in [0.25, 0.3) is 11.8 Å². The maximum Gasteiger partial charge on any atom is 0.265 e. The zero-order valence-electron chi connectivity index (χ0n) is 14.3. The third kappa shape index (κ3) is 4.05. The Kier molecular flexibility index (Phi) is 5.24. The van der Waals surface area contributed by atoms with Crippen LogP contribution in [-0.4, -0.2) is 16.8 Å². The molecule has 2 heterocycles. The average Bonchev–Trinajstić information content (AvgIpc) is 3.32. The van der Waals surface area contributed by atoms with Gasteiger partial charge in [-0.05, 0) is 55.3 Å². The number of carbonyl (C=O) groups is 2. The summed E-state index contributed by atoms with van der Waals surface area (Å²) in [5, 5.41) is 8.44. The molecular formula is C19H16ClN3O2S2. The predicted molar refractivity (Wildman–Crippen MR) is 110 cm³/mol. The lowest BCUT2D eigenvalue weighted by atomic mass is 10.0. The molecule has 0 saturated heterocycles. The van der Waals surface area contributed by atoms with Crippen molar-refractivity contribution >= 4 is 56.9 Å². The summed E-state index contributed by atoms with van der Waals surface area (Å²) in [5.41, 5.74) is 1.91. The van der Waals surface area contributed by atoms with E-state index in [1.54, 1.807) is 30.3 Å². The van der Waals surface area contributed by atoms with Crippen LogP contribution >= 0.6 is 34.3 Å². The number of benzene rings is 1. The topological polar surface area (TPSA) is 71.1 Å². The first-order valence-corrected chi connectivity index (χ1v) is 10.6. The third-order valence-corrected chi connectivity index (χ3v) is 6.56. The number of fused-ring (bicyclic) bond motifs is 1. The summed E-state index contributed by atoms with van der Waals surface area (Å²) in [6.45, 7) is 0. The van der Waals surface area contributed by atoms with Crippen molar-refractivity contribution in [2.45, 2.75) is 25.7 Å². The molecule has 4 rings (SSSR count). The first-order valence-electron chi connectivity index (χ1n) is 8.54. The van der Waals surface area contributed by atoms with Crippen molar-refractivity contribution in [2.24, 2.45) is 0 Å². The minimum absolute atomic E-state index is 0.253. The molecule has 0 fully saturated rings. The molecule has 8 heteroatoms. The zero-order chi connectivity index (χ0) is 18.8. The Balaban J connectivity index is 1.50. The van der Waals surface area contributed by atoms with Crippen LogP contribution in [0.15, 0.2) is 35.7 Å². The van der Waals surface area contributed by atoms with Crippen LogP contribution in [0, 0.1) is 0 Å². The third-order valence-electron chi connectivity index (χ3n) is 4.29. The van der Waals surface area contributed by atoms with Crippen LogP contribution in [0.2, 0.25) is 5.02 Å². The Hall–Kier alpha value is -2.22. The molecule has 1 aliphatic rings. The van der Waals surface area contributed by atoms with Gasteiger partial charge in [-0.3, -0.25) is 14.9 Å². The first kappa shape index (κ1) is 18.2. The van der Waals surface area contributed by atoms with E-state index in [4.69, 9.17) is 11.6 Å². The fourth-order valence-electron chi connectivity index (χ4n) is 2.93. The van der Waals surface area contributed by atoms with Crippen LogP contribution in [0.4, 0.5) is 10.8 Å². The van der Waals surface area contributed by atoms with Gasteiger partial charge in [0.05, 0.1) is 21.3 Å². The van der Waals surface area contributed by atoms with E-state index in [0.717, 1.165) is 25.0 Å². The van der Waals surface area contributed by atoms with Gasteiger partial charge in [-0.25, -0.2) is 4.98 Å². The molecule has 2 aromatic heterocycles. The van der Waals surface area contributed by atoms with E-state index in [1.807, 2.05) is 5.38 Å². The molecule has 0 radical (unpaired) electrons. The lowest BCUT2D eigenvalue weighted by Crippen LogP contribution is -2.14. The Bertz CT molecular complexity index is 975. The van der Waals surface area contributed by atoms with Crippen LogP contribution in [0.1, 0.15) is 43.4 Å². The molecule has 1 aromatic carbocycles. The number of rotatable bonds is 4. The van der Waals surface area contributed by atoms with Gasteiger partial charge >= 0.3 is 0 Å². The molecule has 2 amide bonds. The summed E-state index contributed by atoms with van der Waals surface area (Å²) in [6.07, 6.45) is 4.33. The number of hydrogen-bond acceptors (Lipinski definition) is 5. The van der Waals surface area contributed by atoms with E-state index in [2.05, 4.69) is 15.6 Å². The highest BCUT2D eigenvalue weighted by molar-refractivity contribution is 7.16. The maximum atomic E-state index is 12.6. The normalized spacial score (nSPS) is 13.1. The second kappa shape index (κ2) is 7.80. The first-order chi connectivity index (χ1) is 13.1. The van der Waals surface area contributed by atoms with E-state index in [-0.39, 0.29) is 11.8 Å². The molecule has 0 spiro atoms. The van der Waals surface area contributed by atoms with Crippen molar-refractivity contribution in [3.8, 4) is 0 Å². The van der Waals surface area contributed by atoms with Crippen LogP contribution in [0.25, 0.3) is 0 Å². The second-order valence-electron chi connectivity index (χ2n) is 6.18. The molecule has 3 aromatic rings. The lowest BCUT2D eigenvalue weighted by Gasteiger charge is -2.09. The number of aryl methyl sites for hydroxylation is 2. The highest BCUT2D eigenvalue weighted by Gasteiger charge is 2.18. The van der Waals surface area contributed by atoms with Gasteiger partial charge in [-0.1, -0.05) is 17.7 Å². The van der Waals surface area contributed by atoms with Crippen molar-refractivity contribution < 1.29 is 9.59 Å². The SMILES string of the molecule is O=C(Nc1nc2c(s1)CCCC2)c1ccc(Cl)c(NC(=O)c2cccs2)c1. The van der Waals surface area contributed by atoms with Gasteiger partial charge in [-0.15, -0.1) is 22.7 Å². The Morgan fingerprint density at radius 2 is 1.93 bits per heavy atom. The number of anilines is 2. The van der Waals surface area contributed by atoms with Crippen LogP contribution in [0.3, 0.4) is 0 Å².